The van der Waals surface area contributed by atoms with Gasteiger partial charge in [-0.25, -0.2) is 0 Å². The Morgan fingerprint density at radius 1 is 1.38 bits per heavy atom. The summed E-state index contributed by atoms with van der Waals surface area (Å²) in [7, 11) is 0. The lowest BCUT2D eigenvalue weighted by Gasteiger charge is -2.25. The van der Waals surface area contributed by atoms with Crippen molar-refractivity contribution in [2.45, 2.75) is 58.4 Å². The molecule has 16 heavy (non-hydrogen) atoms. The monoisotopic (exact) mass is 226 g/mol. The summed E-state index contributed by atoms with van der Waals surface area (Å²) < 4.78 is 0. The Balaban J connectivity index is 2.19. The summed E-state index contributed by atoms with van der Waals surface area (Å²) in [5, 5.41) is 2.99. The lowest BCUT2D eigenvalue weighted by molar-refractivity contribution is -0.126. The number of hydrogen-bond acceptors (Lipinski definition) is 2. The van der Waals surface area contributed by atoms with Crippen LogP contribution in [0.25, 0.3) is 0 Å². The van der Waals surface area contributed by atoms with Crippen molar-refractivity contribution in [2.75, 3.05) is 6.54 Å². The average Bonchev–Trinajstić information content (AvgIpc) is 2.27. The molecule has 1 rings (SSSR count). The van der Waals surface area contributed by atoms with Gasteiger partial charge in [0.15, 0.2) is 0 Å². The zero-order valence-electron chi connectivity index (χ0n) is 10.7. The van der Waals surface area contributed by atoms with Crippen LogP contribution < -0.4 is 11.1 Å². The van der Waals surface area contributed by atoms with Gasteiger partial charge in [-0.15, -0.1) is 0 Å². The second-order valence-corrected chi connectivity index (χ2v) is 5.25. The van der Waals surface area contributed by atoms with Gasteiger partial charge in [0.25, 0.3) is 0 Å². The lowest BCUT2D eigenvalue weighted by Crippen LogP contribution is -2.40. The SMILES string of the molecule is CCCC(N)CNC(=O)C1CCC(C)CC1. The highest BCUT2D eigenvalue weighted by Crippen LogP contribution is 2.28. The van der Waals surface area contributed by atoms with Gasteiger partial charge >= 0.3 is 0 Å². The number of carbonyl (C=O) groups excluding carboxylic acids is 1. The number of carbonyl (C=O) groups is 1. The zero-order valence-corrected chi connectivity index (χ0v) is 10.7. The fourth-order valence-electron chi connectivity index (χ4n) is 2.37. The van der Waals surface area contributed by atoms with E-state index in [2.05, 4.69) is 19.2 Å². The fraction of sp³-hybridized carbons (Fsp3) is 0.923. The van der Waals surface area contributed by atoms with E-state index in [4.69, 9.17) is 5.73 Å². The van der Waals surface area contributed by atoms with Crippen LogP contribution in [0.3, 0.4) is 0 Å². The zero-order chi connectivity index (χ0) is 12.0. The van der Waals surface area contributed by atoms with E-state index in [1.807, 2.05) is 0 Å². The van der Waals surface area contributed by atoms with Crippen molar-refractivity contribution in [3.05, 3.63) is 0 Å². The molecule has 1 aliphatic rings. The van der Waals surface area contributed by atoms with E-state index in [9.17, 15) is 4.79 Å². The van der Waals surface area contributed by atoms with Crippen LogP contribution in [-0.4, -0.2) is 18.5 Å². The van der Waals surface area contributed by atoms with Gasteiger partial charge in [-0.2, -0.15) is 0 Å². The number of hydrogen-bond donors (Lipinski definition) is 2. The first-order valence-electron chi connectivity index (χ1n) is 6.66. The standard InChI is InChI=1S/C13H26N2O/c1-3-4-12(14)9-15-13(16)11-7-5-10(2)6-8-11/h10-12H,3-9,14H2,1-2H3,(H,15,16). The summed E-state index contributed by atoms with van der Waals surface area (Å²) in [6.07, 6.45) is 6.56. The number of nitrogens with two attached hydrogens (primary N) is 1. The molecule has 1 saturated carbocycles. The van der Waals surface area contributed by atoms with E-state index in [-0.39, 0.29) is 17.9 Å². The Kier molecular flexibility index (Phi) is 5.81. The van der Waals surface area contributed by atoms with Gasteiger partial charge in [-0.05, 0) is 38.0 Å². The smallest absolute Gasteiger partial charge is 0.223 e. The number of nitrogens with one attached hydrogen (secondary N) is 1. The molecule has 0 radical (unpaired) electrons. The molecular weight excluding hydrogens is 200 g/mol. The van der Waals surface area contributed by atoms with Crippen LogP contribution in [0, 0.1) is 11.8 Å². The third-order valence-electron chi connectivity index (χ3n) is 3.58. The Labute approximate surface area is 99.2 Å². The molecule has 0 aromatic rings. The van der Waals surface area contributed by atoms with E-state index in [0.717, 1.165) is 31.6 Å². The molecule has 0 spiro atoms. The maximum Gasteiger partial charge on any atom is 0.223 e. The van der Waals surface area contributed by atoms with Crippen molar-refractivity contribution in [1.29, 1.82) is 0 Å². The highest BCUT2D eigenvalue weighted by atomic mass is 16.1. The molecule has 3 nitrogen and oxygen atoms in total. The third kappa shape index (κ3) is 4.52. The van der Waals surface area contributed by atoms with E-state index in [1.165, 1.54) is 12.8 Å². The van der Waals surface area contributed by atoms with Crippen molar-refractivity contribution in [3.63, 3.8) is 0 Å². The molecule has 3 heteroatoms. The van der Waals surface area contributed by atoms with Gasteiger partial charge in [0.05, 0.1) is 0 Å². The van der Waals surface area contributed by atoms with Crippen molar-refractivity contribution < 1.29 is 4.79 Å². The minimum absolute atomic E-state index is 0.122. The minimum atomic E-state index is 0.122. The summed E-state index contributed by atoms with van der Waals surface area (Å²) in [5.74, 6) is 1.26. The molecule has 94 valence electrons. The molecule has 0 heterocycles. The first-order valence-corrected chi connectivity index (χ1v) is 6.66. The van der Waals surface area contributed by atoms with Gasteiger partial charge in [0.1, 0.15) is 0 Å². The molecule has 1 unspecified atom stereocenters. The van der Waals surface area contributed by atoms with Crippen LogP contribution in [0.15, 0.2) is 0 Å². The van der Waals surface area contributed by atoms with Gasteiger partial charge in [0.2, 0.25) is 5.91 Å². The molecule has 0 aromatic carbocycles. The predicted molar refractivity (Wildman–Crippen MR) is 67.0 cm³/mol. The molecule has 0 saturated heterocycles. The predicted octanol–water partition coefficient (Wildman–Crippen LogP) is 2.06. The Morgan fingerprint density at radius 3 is 2.56 bits per heavy atom. The first-order chi connectivity index (χ1) is 7.63. The van der Waals surface area contributed by atoms with E-state index >= 15 is 0 Å². The molecule has 1 atom stereocenters. The van der Waals surface area contributed by atoms with Crippen LogP contribution in [0.1, 0.15) is 52.4 Å². The van der Waals surface area contributed by atoms with E-state index in [0.29, 0.717) is 6.54 Å². The van der Waals surface area contributed by atoms with Gasteiger partial charge in [-0.3, -0.25) is 4.79 Å². The Morgan fingerprint density at radius 2 is 2.00 bits per heavy atom. The highest BCUT2D eigenvalue weighted by molar-refractivity contribution is 5.78. The lowest BCUT2D eigenvalue weighted by atomic mass is 9.82. The number of amides is 1. The van der Waals surface area contributed by atoms with Crippen LogP contribution >= 0.6 is 0 Å². The van der Waals surface area contributed by atoms with Crippen molar-refractivity contribution in [2.24, 2.45) is 17.6 Å². The van der Waals surface area contributed by atoms with Crippen LogP contribution in [0.2, 0.25) is 0 Å². The molecular formula is C13H26N2O. The fourth-order valence-corrected chi connectivity index (χ4v) is 2.37. The Bertz CT molecular complexity index is 210. The molecule has 1 aliphatic carbocycles. The normalized spacial score (nSPS) is 27.4. The second-order valence-electron chi connectivity index (χ2n) is 5.25. The summed E-state index contributed by atoms with van der Waals surface area (Å²) in [5.41, 5.74) is 5.87. The topological polar surface area (TPSA) is 55.1 Å². The molecule has 3 N–H and O–H groups in total. The molecule has 1 amide bonds. The van der Waals surface area contributed by atoms with Crippen molar-refractivity contribution >= 4 is 5.91 Å². The largest absolute Gasteiger partial charge is 0.354 e. The van der Waals surface area contributed by atoms with E-state index < -0.39 is 0 Å². The van der Waals surface area contributed by atoms with Gasteiger partial charge in [-0.1, -0.05) is 20.3 Å². The quantitative estimate of drug-likeness (QED) is 0.754. The van der Waals surface area contributed by atoms with Crippen molar-refractivity contribution in [3.8, 4) is 0 Å². The van der Waals surface area contributed by atoms with Crippen molar-refractivity contribution in [1.82, 2.24) is 5.32 Å². The second kappa shape index (κ2) is 6.89. The maximum absolute atomic E-state index is 11.8. The van der Waals surface area contributed by atoms with E-state index in [1.54, 1.807) is 0 Å². The summed E-state index contributed by atoms with van der Waals surface area (Å²) in [4.78, 5) is 11.8. The summed E-state index contributed by atoms with van der Waals surface area (Å²) in [6, 6.07) is 0.122. The highest BCUT2D eigenvalue weighted by Gasteiger charge is 2.24. The van der Waals surface area contributed by atoms with Crippen LogP contribution in [0.5, 0.6) is 0 Å². The third-order valence-corrected chi connectivity index (χ3v) is 3.58. The minimum Gasteiger partial charge on any atom is -0.354 e. The number of rotatable bonds is 5. The molecule has 0 bridgehead atoms. The maximum atomic E-state index is 11.8. The van der Waals surface area contributed by atoms with Crippen LogP contribution in [0.4, 0.5) is 0 Å². The Hall–Kier alpha value is -0.570. The van der Waals surface area contributed by atoms with Crippen LogP contribution in [-0.2, 0) is 4.79 Å². The van der Waals surface area contributed by atoms with Gasteiger partial charge < -0.3 is 11.1 Å². The average molecular weight is 226 g/mol. The first kappa shape index (κ1) is 13.5. The molecule has 0 aliphatic heterocycles. The summed E-state index contributed by atoms with van der Waals surface area (Å²) >= 11 is 0. The van der Waals surface area contributed by atoms with Gasteiger partial charge in [0, 0.05) is 18.5 Å². The molecule has 0 aromatic heterocycles. The summed E-state index contributed by atoms with van der Waals surface area (Å²) in [6.45, 7) is 5.02. The molecule has 1 fully saturated rings.